The molecule has 0 aliphatic carbocycles. The van der Waals surface area contributed by atoms with Gasteiger partial charge in [-0.1, -0.05) is 60.3 Å². The predicted molar refractivity (Wildman–Crippen MR) is 98.9 cm³/mol. The fraction of sp³-hybridized carbons (Fsp3) is 0.0556. The Labute approximate surface area is 149 Å². The molecule has 1 heterocycles. The number of carbonyl (C=O) groups is 1. The van der Waals surface area contributed by atoms with Gasteiger partial charge < -0.3 is 5.73 Å². The largest absolute Gasteiger partial charge is 0.393 e. The third-order valence-corrected chi connectivity index (χ3v) is 4.36. The second kappa shape index (κ2) is 8.16. The van der Waals surface area contributed by atoms with Gasteiger partial charge in [0.25, 0.3) is 0 Å². The van der Waals surface area contributed by atoms with Crippen molar-refractivity contribution in [3.63, 3.8) is 0 Å². The average Bonchev–Trinajstić information content (AvgIpc) is 2.64. The van der Waals surface area contributed by atoms with E-state index >= 15 is 0 Å². The molecule has 6 nitrogen and oxygen atoms in total. The van der Waals surface area contributed by atoms with Gasteiger partial charge in [0.2, 0.25) is 5.91 Å². The Morgan fingerprint density at radius 1 is 1.00 bits per heavy atom. The molecule has 0 fully saturated rings. The van der Waals surface area contributed by atoms with Crippen LogP contribution in [0.3, 0.4) is 0 Å². The zero-order chi connectivity index (χ0) is 17.5. The van der Waals surface area contributed by atoms with Crippen LogP contribution in [0.25, 0.3) is 0 Å². The van der Waals surface area contributed by atoms with Crippen LogP contribution >= 0.6 is 11.8 Å². The summed E-state index contributed by atoms with van der Waals surface area (Å²) in [6.45, 7) is 0. The Balaban J connectivity index is 1.63. The number of rotatable bonds is 6. The Morgan fingerprint density at radius 3 is 2.40 bits per heavy atom. The van der Waals surface area contributed by atoms with E-state index in [2.05, 4.69) is 20.8 Å². The number of hydrazine groups is 1. The van der Waals surface area contributed by atoms with Crippen molar-refractivity contribution < 1.29 is 4.79 Å². The molecule has 0 spiro atoms. The third-order valence-electron chi connectivity index (χ3n) is 3.33. The summed E-state index contributed by atoms with van der Waals surface area (Å²) in [5, 5.41) is 0.626. The monoisotopic (exact) mass is 351 g/mol. The van der Waals surface area contributed by atoms with Crippen LogP contribution in [0.4, 0.5) is 11.5 Å². The fourth-order valence-corrected chi connectivity index (χ4v) is 2.94. The molecule has 0 saturated carbocycles. The molecule has 0 radical (unpaired) electrons. The number of hydrogen-bond acceptors (Lipinski definition) is 6. The summed E-state index contributed by atoms with van der Waals surface area (Å²) in [4.78, 5) is 21.3. The summed E-state index contributed by atoms with van der Waals surface area (Å²) in [7, 11) is 0. The molecule has 3 rings (SSSR count). The summed E-state index contributed by atoms with van der Waals surface area (Å²) < 4.78 is 0. The van der Waals surface area contributed by atoms with Gasteiger partial charge in [-0.25, -0.2) is 9.97 Å². The normalized spacial score (nSPS) is 10.2. The van der Waals surface area contributed by atoms with Gasteiger partial charge in [-0.15, -0.1) is 0 Å². The third kappa shape index (κ3) is 4.71. The average molecular weight is 351 g/mol. The van der Waals surface area contributed by atoms with Crippen molar-refractivity contribution in [1.29, 1.82) is 0 Å². The highest BCUT2D eigenvalue weighted by Gasteiger charge is 2.10. The van der Waals surface area contributed by atoms with Gasteiger partial charge in [0.05, 0.1) is 6.42 Å². The number of nitrogens with two attached hydrogens (primary N) is 1. The first-order valence-corrected chi connectivity index (χ1v) is 8.46. The summed E-state index contributed by atoms with van der Waals surface area (Å²) in [6.07, 6.45) is 1.68. The van der Waals surface area contributed by atoms with Gasteiger partial charge in [0.15, 0.2) is 5.82 Å². The van der Waals surface area contributed by atoms with Crippen molar-refractivity contribution >= 4 is 29.2 Å². The second-order valence-corrected chi connectivity index (χ2v) is 6.25. The number of nitrogens with one attached hydrogen (secondary N) is 2. The van der Waals surface area contributed by atoms with Crippen LogP contribution in [0.15, 0.2) is 76.9 Å². The lowest BCUT2D eigenvalue weighted by molar-refractivity contribution is -0.119. The van der Waals surface area contributed by atoms with E-state index in [0.29, 0.717) is 16.5 Å². The van der Waals surface area contributed by atoms with Gasteiger partial charge in [-0.05, 0) is 17.7 Å². The van der Waals surface area contributed by atoms with Crippen LogP contribution in [-0.2, 0) is 11.2 Å². The molecule has 1 amide bonds. The predicted octanol–water partition coefficient (Wildman–Crippen LogP) is 2.90. The van der Waals surface area contributed by atoms with E-state index in [1.54, 1.807) is 0 Å². The maximum Gasteiger partial charge on any atom is 0.242 e. The quantitative estimate of drug-likeness (QED) is 0.467. The molecule has 0 unspecified atom stereocenters. The molecule has 1 aromatic heterocycles. The van der Waals surface area contributed by atoms with Crippen molar-refractivity contribution in [3.8, 4) is 0 Å². The van der Waals surface area contributed by atoms with Crippen LogP contribution in [0.2, 0.25) is 0 Å². The fourth-order valence-electron chi connectivity index (χ4n) is 2.11. The van der Waals surface area contributed by atoms with Crippen LogP contribution < -0.4 is 16.6 Å². The molecule has 126 valence electrons. The lowest BCUT2D eigenvalue weighted by Crippen LogP contribution is -2.31. The number of benzene rings is 2. The highest BCUT2D eigenvalue weighted by Crippen LogP contribution is 2.32. The molecule has 7 heteroatoms. The molecule has 0 saturated heterocycles. The lowest BCUT2D eigenvalue weighted by atomic mass is 10.1. The number of aromatic nitrogens is 2. The number of carbonyl (C=O) groups excluding carboxylic acids is 1. The van der Waals surface area contributed by atoms with Crippen molar-refractivity contribution in [2.24, 2.45) is 0 Å². The van der Waals surface area contributed by atoms with E-state index in [1.165, 1.54) is 18.1 Å². The smallest absolute Gasteiger partial charge is 0.242 e. The second-order valence-electron chi connectivity index (χ2n) is 5.19. The first kappa shape index (κ1) is 16.8. The molecular formula is C18H17N5OS. The minimum absolute atomic E-state index is 0.179. The van der Waals surface area contributed by atoms with E-state index in [0.717, 1.165) is 10.5 Å². The zero-order valence-corrected chi connectivity index (χ0v) is 14.2. The highest BCUT2D eigenvalue weighted by molar-refractivity contribution is 7.99. The van der Waals surface area contributed by atoms with Gasteiger partial charge >= 0.3 is 0 Å². The Kier molecular flexibility index (Phi) is 5.48. The molecule has 3 aromatic rings. The molecule has 4 N–H and O–H groups in total. The van der Waals surface area contributed by atoms with E-state index in [4.69, 9.17) is 5.73 Å². The molecule has 0 bridgehead atoms. The maximum atomic E-state index is 12.0. The van der Waals surface area contributed by atoms with Gasteiger partial charge in [-0.3, -0.25) is 15.6 Å². The number of anilines is 2. The summed E-state index contributed by atoms with van der Waals surface area (Å²) in [5.74, 6) is 0.191. The van der Waals surface area contributed by atoms with E-state index in [1.807, 2.05) is 60.7 Å². The highest BCUT2D eigenvalue weighted by atomic mass is 32.2. The van der Waals surface area contributed by atoms with Gasteiger partial charge in [0, 0.05) is 4.90 Å². The Morgan fingerprint density at radius 2 is 1.68 bits per heavy atom. The molecule has 0 atom stereocenters. The van der Waals surface area contributed by atoms with Crippen LogP contribution in [0.5, 0.6) is 0 Å². The van der Waals surface area contributed by atoms with Crippen molar-refractivity contribution in [1.82, 2.24) is 15.4 Å². The first-order valence-electron chi connectivity index (χ1n) is 7.64. The summed E-state index contributed by atoms with van der Waals surface area (Å²) in [6, 6.07) is 19.3. The maximum absolute atomic E-state index is 12.0. The Hall–Kier alpha value is -3.06. The number of amides is 1. The minimum atomic E-state index is -0.179. The van der Waals surface area contributed by atoms with Gasteiger partial charge in [-0.2, -0.15) is 0 Å². The Bertz CT molecular complexity index is 843. The molecule has 0 aliphatic heterocycles. The zero-order valence-electron chi connectivity index (χ0n) is 13.3. The minimum Gasteiger partial charge on any atom is -0.393 e. The van der Waals surface area contributed by atoms with Crippen LogP contribution in [0.1, 0.15) is 5.56 Å². The number of nitrogen functional groups attached to an aromatic ring is 1. The SMILES string of the molecule is Nc1c(NNC(=O)Cc2ccccc2)ncnc1Sc1ccccc1. The van der Waals surface area contributed by atoms with Crippen LogP contribution in [0, 0.1) is 0 Å². The molecule has 2 aromatic carbocycles. The summed E-state index contributed by atoms with van der Waals surface area (Å²) >= 11 is 1.44. The number of nitrogens with zero attached hydrogens (tertiary/aromatic N) is 2. The molecule has 0 aliphatic rings. The van der Waals surface area contributed by atoms with E-state index < -0.39 is 0 Å². The van der Waals surface area contributed by atoms with Crippen molar-refractivity contribution in [2.75, 3.05) is 11.2 Å². The van der Waals surface area contributed by atoms with Crippen LogP contribution in [-0.4, -0.2) is 15.9 Å². The standard InChI is InChI=1S/C18H17N5OS/c19-16-17(23-22-15(24)11-13-7-3-1-4-8-13)20-12-21-18(16)25-14-9-5-2-6-10-14/h1-10,12H,11,19H2,(H,22,24)(H,20,21,23). The molecule has 25 heavy (non-hydrogen) atoms. The van der Waals surface area contributed by atoms with E-state index in [9.17, 15) is 4.79 Å². The molecular weight excluding hydrogens is 334 g/mol. The van der Waals surface area contributed by atoms with Gasteiger partial charge in [0.1, 0.15) is 17.0 Å². The van der Waals surface area contributed by atoms with Crippen molar-refractivity contribution in [3.05, 3.63) is 72.6 Å². The number of hydrogen-bond donors (Lipinski definition) is 3. The summed E-state index contributed by atoms with van der Waals surface area (Å²) in [5.41, 5.74) is 12.8. The first-order chi connectivity index (χ1) is 12.2. The van der Waals surface area contributed by atoms with Crippen molar-refractivity contribution in [2.45, 2.75) is 16.3 Å². The topological polar surface area (TPSA) is 92.9 Å². The van der Waals surface area contributed by atoms with E-state index in [-0.39, 0.29) is 12.3 Å². The lowest BCUT2D eigenvalue weighted by Gasteiger charge is -2.11.